The summed E-state index contributed by atoms with van der Waals surface area (Å²) in [6.45, 7) is 0. The van der Waals surface area contributed by atoms with E-state index in [0.717, 1.165) is 18.2 Å². The summed E-state index contributed by atoms with van der Waals surface area (Å²) in [5, 5.41) is 0. The zero-order chi connectivity index (χ0) is 17.8. The molecule has 0 spiro atoms. The van der Waals surface area contributed by atoms with E-state index < -0.39 is 45.7 Å². The van der Waals surface area contributed by atoms with Gasteiger partial charge in [0.15, 0.2) is 0 Å². The Morgan fingerprint density at radius 3 is 1.91 bits per heavy atom. The van der Waals surface area contributed by atoms with E-state index in [-0.39, 0.29) is 16.8 Å². The van der Waals surface area contributed by atoms with Gasteiger partial charge in [-0.05, 0) is 29.3 Å². The van der Waals surface area contributed by atoms with Crippen LogP contribution < -0.4 is 5.73 Å². The van der Waals surface area contributed by atoms with Crippen LogP contribution in [0.5, 0.6) is 0 Å². The standard InChI is InChI=1S/C10H11NO9S3/c11-8-3-6-1-2-10(22(15,16)17,23(18,19)20)5-7(6)4-9(8)21(12,13)14/h1-4H,5,11H2,(H,12,13,14)(H,15,16,17)(H,18,19,20). The molecule has 23 heavy (non-hydrogen) atoms. The maximum Gasteiger partial charge on any atom is 0.296 e. The molecule has 5 N–H and O–H groups in total. The third kappa shape index (κ3) is 2.86. The molecule has 0 radical (unpaired) electrons. The SMILES string of the molecule is Nc1cc2c(cc1S(=O)(=O)O)CC(S(=O)(=O)O)(S(=O)(=O)O)C=C2. The smallest absolute Gasteiger partial charge is 0.296 e. The van der Waals surface area contributed by atoms with Crippen molar-refractivity contribution < 1.29 is 38.9 Å². The molecule has 0 saturated carbocycles. The Bertz CT molecular complexity index is 988. The lowest BCUT2D eigenvalue weighted by Gasteiger charge is -2.28. The number of hydrogen-bond donors (Lipinski definition) is 4. The van der Waals surface area contributed by atoms with E-state index in [1.54, 1.807) is 0 Å². The summed E-state index contributed by atoms with van der Waals surface area (Å²) in [6, 6.07) is 1.85. The van der Waals surface area contributed by atoms with E-state index in [1.165, 1.54) is 0 Å². The average Bonchev–Trinajstić information content (AvgIpc) is 2.33. The van der Waals surface area contributed by atoms with Gasteiger partial charge in [0.25, 0.3) is 30.4 Å². The Balaban J connectivity index is 2.79. The van der Waals surface area contributed by atoms with Crippen molar-refractivity contribution in [3.8, 4) is 0 Å². The van der Waals surface area contributed by atoms with Crippen LogP contribution in [0.4, 0.5) is 5.69 Å². The largest absolute Gasteiger partial charge is 0.398 e. The lowest BCUT2D eigenvalue weighted by Crippen LogP contribution is -2.47. The van der Waals surface area contributed by atoms with Gasteiger partial charge in [0.2, 0.25) is 4.08 Å². The van der Waals surface area contributed by atoms with Crippen LogP contribution in [-0.2, 0) is 36.8 Å². The molecule has 0 heterocycles. The Morgan fingerprint density at radius 1 is 0.957 bits per heavy atom. The fourth-order valence-corrected chi connectivity index (χ4v) is 5.08. The van der Waals surface area contributed by atoms with Gasteiger partial charge in [0.1, 0.15) is 4.90 Å². The van der Waals surface area contributed by atoms with Gasteiger partial charge in [-0.25, -0.2) is 0 Å². The summed E-state index contributed by atoms with van der Waals surface area (Å²) in [4.78, 5) is -0.758. The number of rotatable bonds is 3. The molecule has 1 aromatic carbocycles. The predicted molar refractivity (Wildman–Crippen MR) is 79.2 cm³/mol. The van der Waals surface area contributed by atoms with E-state index in [1.807, 2.05) is 0 Å². The fraction of sp³-hybridized carbons (Fsp3) is 0.200. The summed E-state index contributed by atoms with van der Waals surface area (Å²) >= 11 is 0. The number of hydrogen-bond acceptors (Lipinski definition) is 7. The molecule has 2 rings (SSSR count). The molecule has 0 unspecified atom stereocenters. The molecular formula is C10H11NO9S3. The Labute approximate surface area is 131 Å². The number of nitrogen functional groups attached to an aromatic ring is 1. The molecule has 1 aromatic rings. The van der Waals surface area contributed by atoms with E-state index in [2.05, 4.69) is 0 Å². The van der Waals surface area contributed by atoms with Crippen LogP contribution in [0.3, 0.4) is 0 Å². The number of fused-ring (bicyclic) bond motifs is 1. The summed E-state index contributed by atoms with van der Waals surface area (Å²) in [6.07, 6.45) is 0.538. The van der Waals surface area contributed by atoms with Crippen molar-refractivity contribution in [1.29, 1.82) is 0 Å². The molecule has 0 bridgehead atoms. The molecule has 0 aliphatic heterocycles. The number of anilines is 1. The Hall–Kier alpha value is -1.51. The topological polar surface area (TPSA) is 189 Å². The third-order valence-electron chi connectivity index (χ3n) is 3.38. The fourth-order valence-electron chi connectivity index (χ4n) is 2.22. The van der Waals surface area contributed by atoms with Crippen molar-refractivity contribution in [1.82, 2.24) is 0 Å². The van der Waals surface area contributed by atoms with Crippen molar-refractivity contribution in [3.63, 3.8) is 0 Å². The van der Waals surface area contributed by atoms with Gasteiger partial charge >= 0.3 is 0 Å². The summed E-state index contributed by atoms with van der Waals surface area (Å²) < 4.78 is 92.8. The second kappa shape index (κ2) is 4.99. The van der Waals surface area contributed by atoms with E-state index in [0.29, 0.717) is 6.08 Å². The molecule has 0 aromatic heterocycles. The van der Waals surface area contributed by atoms with E-state index >= 15 is 0 Å². The molecule has 128 valence electrons. The lowest BCUT2D eigenvalue weighted by atomic mass is 9.96. The van der Waals surface area contributed by atoms with Crippen LogP contribution in [0.2, 0.25) is 0 Å². The van der Waals surface area contributed by atoms with Crippen LogP contribution in [0.1, 0.15) is 11.1 Å². The van der Waals surface area contributed by atoms with Crippen LogP contribution in [0.25, 0.3) is 6.08 Å². The predicted octanol–water partition coefficient (Wildman–Crippen LogP) is -0.443. The van der Waals surface area contributed by atoms with Crippen molar-refractivity contribution in [2.24, 2.45) is 0 Å². The lowest BCUT2D eigenvalue weighted by molar-refractivity contribution is 0.436. The summed E-state index contributed by atoms with van der Waals surface area (Å²) in [7, 11) is -15.4. The summed E-state index contributed by atoms with van der Waals surface area (Å²) in [5.41, 5.74) is 5.10. The van der Waals surface area contributed by atoms with Crippen LogP contribution in [-0.4, -0.2) is 43.0 Å². The van der Waals surface area contributed by atoms with Crippen LogP contribution in [0, 0.1) is 0 Å². The minimum Gasteiger partial charge on any atom is -0.398 e. The second-order valence-corrected chi connectivity index (χ2v) is 9.84. The molecule has 13 heteroatoms. The third-order valence-corrected chi connectivity index (χ3v) is 7.86. The molecule has 0 fully saturated rings. The second-order valence-electron chi connectivity index (χ2n) is 4.84. The zero-order valence-electron chi connectivity index (χ0n) is 11.1. The highest BCUT2D eigenvalue weighted by Crippen LogP contribution is 2.37. The first-order chi connectivity index (χ1) is 10.2. The van der Waals surface area contributed by atoms with Crippen LogP contribution in [0.15, 0.2) is 23.1 Å². The highest BCUT2D eigenvalue weighted by Gasteiger charge is 2.54. The molecule has 0 atom stereocenters. The van der Waals surface area contributed by atoms with Crippen molar-refractivity contribution in [3.05, 3.63) is 29.3 Å². The monoisotopic (exact) mass is 385 g/mol. The normalized spacial score (nSPS) is 17.7. The van der Waals surface area contributed by atoms with Gasteiger partial charge < -0.3 is 5.73 Å². The van der Waals surface area contributed by atoms with Crippen molar-refractivity contribution in [2.75, 3.05) is 5.73 Å². The van der Waals surface area contributed by atoms with E-state index in [9.17, 15) is 34.4 Å². The van der Waals surface area contributed by atoms with Gasteiger partial charge in [-0.2, -0.15) is 25.3 Å². The quantitative estimate of drug-likeness (QED) is 0.392. The highest BCUT2D eigenvalue weighted by molar-refractivity contribution is 8.05. The Morgan fingerprint density at radius 2 is 1.48 bits per heavy atom. The van der Waals surface area contributed by atoms with Crippen molar-refractivity contribution >= 4 is 42.1 Å². The number of benzene rings is 1. The maximum atomic E-state index is 11.5. The first-order valence-electron chi connectivity index (χ1n) is 5.72. The maximum absolute atomic E-state index is 11.5. The average molecular weight is 385 g/mol. The molecule has 1 aliphatic rings. The van der Waals surface area contributed by atoms with E-state index in [4.69, 9.17) is 10.3 Å². The minimum atomic E-state index is -5.31. The minimum absolute atomic E-state index is 0.165. The molecule has 1 aliphatic carbocycles. The molecule has 0 saturated heterocycles. The molecular weight excluding hydrogens is 374 g/mol. The summed E-state index contributed by atoms with van der Waals surface area (Å²) in [5.74, 6) is 0. The van der Waals surface area contributed by atoms with Gasteiger partial charge in [-0.1, -0.05) is 6.08 Å². The van der Waals surface area contributed by atoms with Gasteiger partial charge in [0.05, 0.1) is 5.69 Å². The molecule has 0 amide bonds. The van der Waals surface area contributed by atoms with Crippen molar-refractivity contribution in [2.45, 2.75) is 15.4 Å². The van der Waals surface area contributed by atoms with Gasteiger partial charge in [-0.15, -0.1) is 0 Å². The van der Waals surface area contributed by atoms with Gasteiger partial charge in [-0.3, -0.25) is 13.7 Å². The zero-order valence-corrected chi connectivity index (χ0v) is 13.6. The first-order valence-corrected chi connectivity index (χ1v) is 10.0. The van der Waals surface area contributed by atoms with Crippen LogP contribution >= 0.6 is 0 Å². The highest BCUT2D eigenvalue weighted by atomic mass is 32.3. The molecule has 10 nitrogen and oxygen atoms in total. The number of nitrogens with two attached hydrogens (primary N) is 1. The van der Waals surface area contributed by atoms with Gasteiger partial charge in [0, 0.05) is 6.42 Å². The Kier molecular flexibility index (Phi) is 3.87. The first kappa shape index (κ1) is 17.8.